The number of pyridine rings is 1. The van der Waals surface area contributed by atoms with Crippen molar-refractivity contribution in [2.24, 2.45) is 0 Å². The fraction of sp³-hybridized carbons (Fsp3) is 0.0833. The lowest BCUT2D eigenvalue weighted by Crippen LogP contribution is -1.99. The third-order valence-corrected chi connectivity index (χ3v) is 2.78. The zero-order valence-corrected chi connectivity index (χ0v) is 11.0. The fourth-order valence-electron chi connectivity index (χ4n) is 1.27. The topological polar surface area (TPSA) is 22.1 Å². The van der Waals surface area contributed by atoms with Gasteiger partial charge in [0.1, 0.15) is 6.61 Å². The van der Waals surface area contributed by atoms with E-state index in [0.717, 1.165) is 4.47 Å². The van der Waals surface area contributed by atoms with Gasteiger partial charge in [0.05, 0.1) is 5.69 Å². The molecule has 0 atom stereocenters. The molecule has 0 fully saturated rings. The molecular weight excluding hydrogens is 308 g/mol. The summed E-state index contributed by atoms with van der Waals surface area (Å²) < 4.78 is 19.6. The number of benzene rings is 1. The van der Waals surface area contributed by atoms with Gasteiger partial charge in [-0.05, 0) is 30.3 Å². The van der Waals surface area contributed by atoms with Gasteiger partial charge in [-0.3, -0.25) is 4.98 Å². The van der Waals surface area contributed by atoms with Crippen LogP contribution in [0.2, 0.25) is 5.02 Å². The summed E-state index contributed by atoms with van der Waals surface area (Å²) in [5, 5.41) is 0.343. The molecule has 0 spiro atoms. The Morgan fingerprint density at radius 3 is 2.82 bits per heavy atom. The third-order valence-electron chi connectivity index (χ3n) is 2.05. The first-order valence-corrected chi connectivity index (χ1v) is 6.00. The monoisotopic (exact) mass is 315 g/mol. The van der Waals surface area contributed by atoms with Gasteiger partial charge in [-0.2, -0.15) is 0 Å². The third kappa shape index (κ3) is 3.41. The van der Waals surface area contributed by atoms with Crippen molar-refractivity contribution in [3.63, 3.8) is 0 Å². The Balaban J connectivity index is 2.07. The zero-order chi connectivity index (χ0) is 12.3. The van der Waals surface area contributed by atoms with Gasteiger partial charge in [0, 0.05) is 15.7 Å². The Hall–Kier alpha value is -1.13. The Bertz CT molecular complexity index is 536. The quantitative estimate of drug-likeness (QED) is 0.846. The fourth-order valence-corrected chi connectivity index (χ4v) is 1.81. The van der Waals surface area contributed by atoms with E-state index in [1.807, 2.05) is 12.1 Å². The molecule has 17 heavy (non-hydrogen) atoms. The van der Waals surface area contributed by atoms with Crippen molar-refractivity contribution in [2.75, 3.05) is 0 Å². The van der Waals surface area contributed by atoms with Crippen LogP contribution < -0.4 is 4.74 Å². The van der Waals surface area contributed by atoms with E-state index >= 15 is 0 Å². The van der Waals surface area contributed by atoms with Gasteiger partial charge in [-0.15, -0.1) is 0 Å². The Labute approximate surface area is 112 Å². The van der Waals surface area contributed by atoms with E-state index in [2.05, 4.69) is 20.9 Å². The van der Waals surface area contributed by atoms with Crippen LogP contribution >= 0.6 is 27.5 Å². The van der Waals surface area contributed by atoms with E-state index in [0.29, 0.717) is 10.7 Å². The van der Waals surface area contributed by atoms with Crippen molar-refractivity contribution >= 4 is 27.5 Å². The van der Waals surface area contributed by atoms with Gasteiger partial charge in [-0.25, -0.2) is 4.39 Å². The van der Waals surface area contributed by atoms with E-state index in [9.17, 15) is 4.39 Å². The van der Waals surface area contributed by atoms with Crippen molar-refractivity contribution in [2.45, 2.75) is 6.61 Å². The maximum Gasteiger partial charge on any atom is 0.166 e. The van der Waals surface area contributed by atoms with Crippen LogP contribution in [0.1, 0.15) is 5.69 Å². The van der Waals surface area contributed by atoms with Crippen molar-refractivity contribution < 1.29 is 9.13 Å². The zero-order valence-electron chi connectivity index (χ0n) is 8.66. The van der Waals surface area contributed by atoms with Crippen LogP contribution in [0.25, 0.3) is 0 Å². The number of rotatable bonds is 3. The minimum absolute atomic E-state index is 0.163. The number of hydrogen-bond acceptors (Lipinski definition) is 2. The maximum absolute atomic E-state index is 13.4. The molecule has 88 valence electrons. The highest BCUT2D eigenvalue weighted by atomic mass is 79.9. The highest BCUT2D eigenvalue weighted by Gasteiger charge is 2.04. The van der Waals surface area contributed by atoms with E-state index in [1.54, 1.807) is 12.3 Å². The largest absolute Gasteiger partial charge is 0.484 e. The normalized spacial score (nSPS) is 10.3. The molecule has 0 aliphatic carbocycles. The second kappa shape index (κ2) is 5.47. The molecule has 0 aliphatic rings. The molecule has 0 bridgehead atoms. The molecule has 2 rings (SSSR count). The Morgan fingerprint density at radius 1 is 1.29 bits per heavy atom. The molecule has 2 aromatic rings. The summed E-state index contributed by atoms with van der Waals surface area (Å²) in [6.45, 7) is 0.206. The molecule has 0 saturated heterocycles. The number of aromatic nitrogens is 1. The first kappa shape index (κ1) is 12.3. The van der Waals surface area contributed by atoms with Crippen molar-refractivity contribution in [3.05, 3.63) is 57.5 Å². The molecule has 0 radical (unpaired) electrons. The lowest BCUT2D eigenvalue weighted by atomic mass is 10.3. The predicted molar refractivity (Wildman–Crippen MR) is 67.7 cm³/mol. The smallest absolute Gasteiger partial charge is 0.166 e. The number of ether oxygens (including phenoxy) is 1. The molecule has 2 nitrogen and oxygen atoms in total. The van der Waals surface area contributed by atoms with E-state index in [1.165, 1.54) is 12.1 Å². The van der Waals surface area contributed by atoms with Gasteiger partial charge in [0.15, 0.2) is 11.6 Å². The van der Waals surface area contributed by atoms with Gasteiger partial charge in [-0.1, -0.05) is 27.5 Å². The minimum Gasteiger partial charge on any atom is -0.484 e. The molecule has 0 aliphatic heterocycles. The molecule has 5 heteroatoms. The second-order valence-electron chi connectivity index (χ2n) is 3.33. The summed E-state index contributed by atoms with van der Waals surface area (Å²) in [6.07, 6.45) is 1.65. The summed E-state index contributed by atoms with van der Waals surface area (Å²) >= 11 is 8.97. The molecule has 1 heterocycles. The molecule has 0 saturated carbocycles. The number of halogens is 3. The lowest BCUT2D eigenvalue weighted by Gasteiger charge is -2.07. The molecular formula is C12H8BrClFNO. The number of hydrogen-bond donors (Lipinski definition) is 0. The predicted octanol–water partition coefficient (Wildman–Crippen LogP) is 4.22. The van der Waals surface area contributed by atoms with Crippen LogP contribution in [-0.4, -0.2) is 4.98 Å². The summed E-state index contributed by atoms with van der Waals surface area (Å²) in [7, 11) is 0. The van der Waals surface area contributed by atoms with Gasteiger partial charge in [0.2, 0.25) is 0 Å². The average molecular weight is 317 g/mol. The first-order valence-electron chi connectivity index (χ1n) is 4.83. The molecule has 0 unspecified atom stereocenters. The van der Waals surface area contributed by atoms with Crippen LogP contribution in [0.5, 0.6) is 5.75 Å². The average Bonchev–Trinajstić information content (AvgIpc) is 2.28. The van der Waals surface area contributed by atoms with Gasteiger partial charge >= 0.3 is 0 Å². The van der Waals surface area contributed by atoms with Gasteiger partial charge in [0.25, 0.3) is 0 Å². The molecule has 1 aromatic carbocycles. The van der Waals surface area contributed by atoms with Gasteiger partial charge < -0.3 is 4.74 Å². The summed E-state index contributed by atoms with van der Waals surface area (Å²) in [5.41, 5.74) is 0.716. The number of nitrogens with zero attached hydrogens (tertiary/aromatic N) is 1. The van der Waals surface area contributed by atoms with Crippen LogP contribution in [0.15, 0.2) is 41.0 Å². The molecule has 1 aromatic heterocycles. The Morgan fingerprint density at radius 2 is 2.12 bits per heavy atom. The standard InChI is InChI=1S/C12H8BrClFNO/c13-8-3-4-16-10(5-8)7-17-12-2-1-9(14)6-11(12)15/h1-6H,7H2. The lowest BCUT2D eigenvalue weighted by molar-refractivity contribution is 0.286. The highest BCUT2D eigenvalue weighted by Crippen LogP contribution is 2.22. The first-order chi connectivity index (χ1) is 8.15. The SMILES string of the molecule is Fc1cc(Cl)ccc1OCc1cc(Br)ccn1. The van der Waals surface area contributed by atoms with Crippen LogP contribution in [0.4, 0.5) is 4.39 Å². The van der Waals surface area contributed by atoms with Crippen LogP contribution in [0, 0.1) is 5.82 Å². The van der Waals surface area contributed by atoms with Crippen LogP contribution in [0.3, 0.4) is 0 Å². The van der Waals surface area contributed by atoms with E-state index < -0.39 is 5.82 Å². The van der Waals surface area contributed by atoms with E-state index in [-0.39, 0.29) is 12.4 Å². The summed E-state index contributed by atoms with van der Waals surface area (Å²) in [4.78, 5) is 4.10. The molecule has 0 N–H and O–H groups in total. The van der Waals surface area contributed by atoms with E-state index in [4.69, 9.17) is 16.3 Å². The van der Waals surface area contributed by atoms with Crippen molar-refractivity contribution in [1.29, 1.82) is 0 Å². The maximum atomic E-state index is 13.4. The summed E-state index contributed by atoms with van der Waals surface area (Å²) in [5.74, 6) is -0.316. The molecule has 0 amide bonds. The highest BCUT2D eigenvalue weighted by molar-refractivity contribution is 9.10. The van der Waals surface area contributed by atoms with Crippen molar-refractivity contribution in [1.82, 2.24) is 4.98 Å². The van der Waals surface area contributed by atoms with Crippen molar-refractivity contribution in [3.8, 4) is 5.75 Å². The Kier molecular flexibility index (Phi) is 3.97. The summed E-state index contributed by atoms with van der Waals surface area (Å²) in [6, 6.07) is 7.91. The second-order valence-corrected chi connectivity index (χ2v) is 4.68. The van der Waals surface area contributed by atoms with Crippen LogP contribution in [-0.2, 0) is 6.61 Å². The minimum atomic E-state index is -0.479.